The molecule has 9 heteroatoms. The Bertz CT molecular complexity index is 783. The first kappa shape index (κ1) is 17.1. The van der Waals surface area contributed by atoms with E-state index in [2.05, 4.69) is 15.0 Å². The number of carboxylic acid groups (broad SMARTS) is 1. The maximum atomic E-state index is 13.2. The summed E-state index contributed by atoms with van der Waals surface area (Å²) in [4.78, 5) is 25.3. The number of alkyl halides is 3. The Morgan fingerprint density at radius 2 is 2.04 bits per heavy atom. The van der Waals surface area contributed by atoms with Gasteiger partial charge in [0.05, 0.1) is 11.8 Å². The second-order valence-electron chi connectivity index (χ2n) is 5.90. The minimum atomic E-state index is -4.58. The van der Waals surface area contributed by atoms with Gasteiger partial charge in [-0.15, -0.1) is 0 Å². The Morgan fingerprint density at radius 3 is 2.60 bits per heavy atom. The third-order valence-corrected chi connectivity index (χ3v) is 4.12. The summed E-state index contributed by atoms with van der Waals surface area (Å²) >= 11 is 0. The van der Waals surface area contributed by atoms with Crippen molar-refractivity contribution in [3.8, 4) is 11.5 Å². The van der Waals surface area contributed by atoms with Crippen LogP contribution in [0.3, 0.4) is 0 Å². The lowest BCUT2D eigenvalue weighted by Crippen LogP contribution is -2.33. The van der Waals surface area contributed by atoms with Gasteiger partial charge < -0.3 is 10.0 Å². The molecule has 1 saturated heterocycles. The van der Waals surface area contributed by atoms with Crippen molar-refractivity contribution < 1.29 is 23.1 Å². The van der Waals surface area contributed by atoms with Gasteiger partial charge >= 0.3 is 12.1 Å². The Kier molecular flexibility index (Phi) is 4.32. The molecular weight excluding hydrogens is 337 g/mol. The van der Waals surface area contributed by atoms with Crippen molar-refractivity contribution in [1.82, 2.24) is 15.0 Å². The fourth-order valence-electron chi connectivity index (χ4n) is 2.90. The highest BCUT2D eigenvalue weighted by atomic mass is 19.4. The van der Waals surface area contributed by atoms with E-state index in [0.29, 0.717) is 11.4 Å². The number of aliphatic carboxylic acids is 1. The Balaban J connectivity index is 1.95. The molecule has 2 aromatic rings. The van der Waals surface area contributed by atoms with Crippen molar-refractivity contribution in [1.29, 1.82) is 0 Å². The van der Waals surface area contributed by atoms with E-state index >= 15 is 0 Å². The van der Waals surface area contributed by atoms with Gasteiger partial charge in [0.1, 0.15) is 11.5 Å². The van der Waals surface area contributed by atoms with Gasteiger partial charge in [-0.1, -0.05) is 6.07 Å². The van der Waals surface area contributed by atoms with Crippen LogP contribution in [0.15, 0.2) is 30.5 Å². The number of aromatic nitrogens is 3. The summed E-state index contributed by atoms with van der Waals surface area (Å²) in [7, 11) is 0. The number of anilines is 1. The van der Waals surface area contributed by atoms with Crippen molar-refractivity contribution in [2.24, 2.45) is 11.8 Å². The standard InChI is InChI=1S/C16H15F3N4O2/c1-9-6-13(22-14(21-9)12-4-2-3-5-20-12)23-7-10(15(24)25)11(8-23)16(17,18)19/h2-6,10-11H,7-8H2,1H3,(H,24,25)/t10-,11-/m1/s1. The number of nitrogens with zero attached hydrogens (tertiary/aromatic N) is 4. The van der Waals surface area contributed by atoms with Crippen LogP contribution in [0.5, 0.6) is 0 Å². The average molecular weight is 352 g/mol. The van der Waals surface area contributed by atoms with Crippen molar-refractivity contribution >= 4 is 11.8 Å². The fraction of sp³-hybridized carbons (Fsp3) is 0.375. The van der Waals surface area contributed by atoms with Gasteiger partial charge in [0.25, 0.3) is 0 Å². The first-order chi connectivity index (χ1) is 11.8. The molecule has 1 aliphatic rings. The number of hydrogen-bond acceptors (Lipinski definition) is 5. The number of halogens is 3. The van der Waals surface area contributed by atoms with Crippen molar-refractivity contribution in [3.05, 3.63) is 36.2 Å². The van der Waals surface area contributed by atoms with Crippen molar-refractivity contribution in [2.45, 2.75) is 13.1 Å². The van der Waals surface area contributed by atoms with E-state index in [0.717, 1.165) is 0 Å². The molecule has 0 spiro atoms. The van der Waals surface area contributed by atoms with Crippen LogP contribution in [-0.4, -0.2) is 45.3 Å². The summed E-state index contributed by atoms with van der Waals surface area (Å²) in [5.41, 5.74) is 1.06. The number of aryl methyl sites for hydroxylation is 1. The molecule has 0 aromatic carbocycles. The number of rotatable bonds is 3. The lowest BCUT2D eigenvalue weighted by molar-refractivity contribution is -0.187. The molecule has 1 fully saturated rings. The molecule has 0 aliphatic carbocycles. The minimum absolute atomic E-state index is 0.252. The largest absolute Gasteiger partial charge is 0.481 e. The maximum Gasteiger partial charge on any atom is 0.394 e. The van der Waals surface area contributed by atoms with E-state index in [-0.39, 0.29) is 18.2 Å². The van der Waals surface area contributed by atoms with E-state index < -0.39 is 30.5 Å². The maximum absolute atomic E-state index is 13.2. The number of hydrogen-bond donors (Lipinski definition) is 1. The zero-order valence-electron chi connectivity index (χ0n) is 13.2. The summed E-state index contributed by atoms with van der Waals surface area (Å²) in [5.74, 6) is -4.35. The molecule has 2 atom stereocenters. The van der Waals surface area contributed by atoms with Gasteiger partial charge in [-0.05, 0) is 19.1 Å². The van der Waals surface area contributed by atoms with Crippen LogP contribution < -0.4 is 4.90 Å². The topological polar surface area (TPSA) is 79.2 Å². The van der Waals surface area contributed by atoms with Crippen LogP contribution >= 0.6 is 0 Å². The van der Waals surface area contributed by atoms with E-state index in [1.165, 1.54) is 4.90 Å². The molecule has 3 heterocycles. The molecule has 6 nitrogen and oxygen atoms in total. The summed E-state index contributed by atoms with van der Waals surface area (Å²) in [6.45, 7) is 1.000. The first-order valence-electron chi connectivity index (χ1n) is 7.57. The molecule has 1 N–H and O–H groups in total. The van der Waals surface area contributed by atoms with E-state index in [9.17, 15) is 18.0 Å². The number of carboxylic acids is 1. The summed E-state index contributed by atoms with van der Waals surface area (Å²) < 4.78 is 39.5. The molecule has 0 radical (unpaired) electrons. The second kappa shape index (κ2) is 6.30. The van der Waals surface area contributed by atoms with Crippen LogP contribution in [0.25, 0.3) is 11.5 Å². The highest BCUT2D eigenvalue weighted by Gasteiger charge is 2.52. The van der Waals surface area contributed by atoms with Crippen molar-refractivity contribution in [3.63, 3.8) is 0 Å². The third-order valence-electron chi connectivity index (χ3n) is 4.12. The van der Waals surface area contributed by atoms with E-state index in [4.69, 9.17) is 5.11 Å². The van der Waals surface area contributed by atoms with Crippen molar-refractivity contribution in [2.75, 3.05) is 18.0 Å². The normalized spacial score (nSPS) is 20.7. The Morgan fingerprint density at radius 1 is 1.28 bits per heavy atom. The van der Waals surface area contributed by atoms with Gasteiger partial charge in [0, 0.05) is 31.0 Å². The molecule has 0 saturated carbocycles. The van der Waals surface area contributed by atoms with Crippen LogP contribution in [0.4, 0.5) is 19.0 Å². The highest BCUT2D eigenvalue weighted by molar-refractivity contribution is 5.72. The molecule has 132 valence electrons. The van der Waals surface area contributed by atoms with E-state index in [1.54, 1.807) is 37.4 Å². The van der Waals surface area contributed by atoms with Gasteiger partial charge in [-0.25, -0.2) is 9.97 Å². The minimum Gasteiger partial charge on any atom is -0.481 e. The predicted octanol–water partition coefficient (Wildman–Crippen LogP) is 2.55. The smallest absolute Gasteiger partial charge is 0.394 e. The molecule has 0 unspecified atom stereocenters. The Hall–Kier alpha value is -2.71. The monoisotopic (exact) mass is 352 g/mol. The molecule has 2 aromatic heterocycles. The summed E-state index contributed by atoms with van der Waals surface area (Å²) in [6, 6.07) is 6.72. The molecular formula is C16H15F3N4O2. The zero-order chi connectivity index (χ0) is 18.2. The summed E-state index contributed by atoms with van der Waals surface area (Å²) in [6.07, 6.45) is -3.01. The summed E-state index contributed by atoms with van der Waals surface area (Å²) in [5, 5.41) is 9.13. The predicted molar refractivity (Wildman–Crippen MR) is 82.9 cm³/mol. The van der Waals surface area contributed by atoms with Crippen LogP contribution in [0.1, 0.15) is 5.69 Å². The van der Waals surface area contributed by atoms with Crippen LogP contribution in [0.2, 0.25) is 0 Å². The molecule has 0 amide bonds. The average Bonchev–Trinajstić information content (AvgIpc) is 3.01. The number of pyridine rings is 1. The molecule has 25 heavy (non-hydrogen) atoms. The lowest BCUT2D eigenvalue weighted by Gasteiger charge is -2.19. The van der Waals surface area contributed by atoms with Gasteiger partial charge in [0.15, 0.2) is 5.82 Å². The second-order valence-corrected chi connectivity index (χ2v) is 5.90. The van der Waals surface area contributed by atoms with E-state index in [1.807, 2.05) is 0 Å². The zero-order valence-corrected chi connectivity index (χ0v) is 13.2. The number of carbonyl (C=O) groups is 1. The van der Waals surface area contributed by atoms with Gasteiger partial charge in [0.2, 0.25) is 0 Å². The highest BCUT2D eigenvalue weighted by Crippen LogP contribution is 2.39. The van der Waals surface area contributed by atoms with Gasteiger partial charge in [-0.2, -0.15) is 13.2 Å². The quantitative estimate of drug-likeness (QED) is 0.915. The Labute approximate surface area is 141 Å². The molecule has 3 rings (SSSR count). The molecule has 1 aliphatic heterocycles. The van der Waals surface area contributed by atoms with Gasteiger partial charge in [-0.3, -0.25) is 9.78 Å². The third kappa shape index (κ3) is 3.54. The van der Waals surface area contributed by atoms with Crippen LogP contribution in [0, 0.1) is 18.8 Å². The SMILES string of the molecule is Cc1cc(N2C[C@@H](C(F)(F)F)[C@H](C(=O)O)C2)nc(-c2ccccn2)n1. The lowest BCUT2D eigenvalue weighted by atomic mass is 9.96. The fourth-order valence-corrected chi connectivity index (χ4v) is 2.90. The first-order valence-corrected chi connectivity index (χ1v) is 7.57. The molecule has 0 bridgehead atoms. The van der Waals surface area contributed by atoms with Crippen LogP contribution in [-0.2, 0) is 4.79 Å².